The van der Waals surface area contributed by atoms with Gasteiger partial charge >= 0.3 is 0 Å². The molecule has 2 N–H and O–H groups in total. The minimum atomic E-state index is -0.169. The number of aromatic nitrogens is 2. The summed E-state index contributed by atoms with van der Waals surface area (Å²) in [6.45, 7) is 6.20. The van der Waals surface area contributed by atoms with Crippen LogP contribution in [0.4, 0.5) is 5.82 Å². The molecule has 16 heavy (non-hydrogen) atoms. The largest absolute Gasteiger partial charge is 0.396 e. The van der Waals surface area contributed by atoms with Crippen LogP contribution in [0.15, 0.2) is 6.20 Å². The van der Waals surface area contributed by atoms with Gasteiger partial charge in [0.05, 0.1) is 0 Å². The van der Waals surface area contributed by atoms with Crippen LogP contribution in [-0.2, 0) is 0 Å². The predicted molar refractivity (Wildman–Crippen MR) is 65.8 cm³/mol. The number of hydrogen-bond donors (Lipinski definition) is 2. The van der Waals surface area contributed by atoms with Crippen molar-refractivity contribution >= 4 is 17.4 Å². The SMILES string of the molecule is CCC(C)(CCO)Nc1nc(Cl)ncc1C. The molecule has 1 atom stereocenters. The number of aliphatic hydroxyl groups is 1. The van der Waals surface area contributed by atoms with Gasteiger partial charge in [0.1, 0.15) is 5.82 Å². The number of aliphatic hydroxyl groups excluding tert-OH is 1. The third kappa shape index (κ3) is 3.32. The van der Waals surface area contributed by atoms with E-state index in [-0.39, 0.29) is 17.4 Å². The Labute approximate surface area is 101 Å². The van der Waals surface area contributed by atoms with Crippen LogP contribution in [0.1, 0.15) is 32.3 Å². The summed E-state index contributed by atoms with van der Waals surface area (Å²) in [6.07, 6.45) is 3.26. The topological polar surface area (TPSA) is 58.0 Å². The zero-order valence-electron chi connectivity index (χ0n) is 9.92. The number of rotatable bonds is 5. The molecule has 5 heteroatoms. The van der Waals surface area contributed by atoms with Crippen molar-refractivity contribution in [1.29, 1.82) is 0 Å². The zero-order chi connectivity index (χ0) is 12.2. The molecule has 0 radical (unpaired) electrons. The van der Waals surface area contributed by atoms with Crippen LogP contribution in [0, 0.1) is 6.92 Å². The maximum atomic E-state index is 9.04. The molecule has 0 fully saturated rings. The van der Waals surface area contributed by atoms with Gasteiger partial charge in [-0.2, -0.15) is 0 Å². The van der Waals surface area contributed by atoms with E-state index in [1.807, 2.05) is 6.92 Å². The summed E-state index contributed by atoms with van der Waals surface area (Å²) in [5, 5.41) is 12.6. The fourth-order valence-electron chi connectivity index (χ4n) is 1.41. The lowest BCUT2D eigenvalue weighted by molar-refractivity contribution is 0.251. The van der Waals surface area contributed by atoms with E-state index in [1.165, 1.54) is 0 Å². The molecule has 0 aromatic carbocycles. The van der Waals surface area contributed by atoms with Crippen LogP contribution in [0.3, 0.4) is 0 Å². The highest BCUT2D eigenvalue weighted by Gasteiger charge is 2.22. The Bertz CT molecular complexity index is 359. The molecule has 90 valence electrons. The van der Waals surface area contributed by atoms with Gasteiger partial charge in [0.25, 0.3) is 0 Å². The highest BCUT2D eigenvalue weighted by atomic mass is 35.5. The second-order valence-electron chi connectivity index (χ2n) is 4.18. The van der Waals surface area contributed by atoms with Gasteiger partial charge in [-0.25, -0.2) is 9.97 Å². The van der Waals surface area contributed by atoms with Gasteiger partial charge in [-0.3, -0.25) is 0 Å². The minimum absolute atomic E-state index is 0.148. The molecule has 1 aromatic heterocycles. The van der Waals surface area contributed by atoms with E-state index in [9.17, 15) is 0 Å². The van der Waals surface area contributed by atoms with Crippen LogP contribution in [0.5, 0.6) is 0 Å². The highest BCUT2D eigenvalue weighted by molar-refractivity contribution is 6.28. The van der Waals surface area contributed by atoms with Gasteiger partial charge in [0, 0.05) is 23.9 Å². The summed E-state index contributed by atoms with van der Waals surface area (Å²) in [5.74, 6) is 0.734. The van der Waals surface area contributed by atoms with Crippen LogP contribution < -0.4 is 5.32 Å². The lowest BCUT2D eigenvalue weighted by atomic mass is 9.95. The van der Waals surface area contributed by atoms with Gasteiger partial charge in [0.15, 0.2) is 0 Å². The van der Waals surface area contributed by atoms with E-state index in [2.05, 4.69) is 29.1 Å². The van der Waals surface area contributed by atoms with Gasteiger partial charge in [-0.1, -0.05) is 6.92 Å². The maximum Gasteiger partial charge on any atom is 0.224 e. The molecular weight excluding hydrogens is 226 g/mol. The molecule has 0 saturated heterocycles. The molecule has 4 nitrogen and oxygen atoms in total. The first-order chi connectivity index (χ1) is 7.50. The summed E-state index contributed by atoms with van der Waals surface area (Å²) in [5.41, 5.74) is 0.777. The van der Waals surface area contributed by atoms with E-state index < -0.39 is 0 Å². The molecule has 0 aliphatic carbocycles. The zero-order valence-corrected chi connectivity index (χ0v) is 10.7. The van der Waals surface area contributed by atoms with Crippen molar-refractivity contribution < 1.29 is 5.11 Å². The number of aryl methyl sites for hydroxylation is 1. The quantitative estimate of drug-likeness (QED) is 0.780. The van der Waals surface area contributed by atoms with E-state index in [0.29, 0.717) is 6.42 Å². The van der Waals surface area contributed by atoms with E-state index in [4.69, 9.17) is 16.7 Å². The van der Waals surface area contributed by atoms with Crippen LogP contribution in [-0.4, -0.2) is 27.2 Å². The smallest absolute Gasteiger partial charge is 0.224 e. The lowest BCUT2D eigenvalue weighted by Gasteiger charge is -2.30. The van der Waals surface area contributed by atoms with Gasteiger partial charge in [-0.05, 0) is 38.3 Å². The number of nitrogens with one attached hydrogen (secondary N) is 1. The second-order valence-corrected chi connectivity index (χ2v) is 4.52. The second kappa shape index (κ2) is 5.46. The highest BCUT2D eigenvalue weighted by Crippen LogP contribution is 2.23. The monoisotopic (exact) mass is 243 g/mol. The molecule has 1 unspecified atom stereocenters. The average Bonchev–Trinajstić information content (AvgIpc) is 2.24. The summed E-state index contributed by atoms with van der Waals surface area (Å²) in [4.78, 5) is 8.06. The minimum Gasteiger partial charge on any atom is -0.396 e. The molecule has 0 aliphatic heterocycles. The number of nitrogens with zero attached hydrogens (tertiary/aromatic N) is 2. The first-order valence-electron chi connectivity index (χ1n) is 5.39. The lowest BCUT2D eigenvalue weighted by Crippen LogP contribution is -2.35. The third-order valence-electron chi connectivity index (χ3n) is 2.81. The molecular formula is C11H18ClN3O. The van der Waals surface area contributed by atoms with Gasteiger partial charge < -0.3 is 10.4 Å². The maximum absolute atomic E-state index is 9.04. The molecule has 0 aliphatic rings. The molecule has 0 spiro atoms. The van der Waals surface area contributed by atoms with Crippen molar-refractivity contribution in [3.05, 3.63) is 17.0 Å². The molecule has 0 amide bonds. The van der Waals surface area contributed by atoms with Gasteiger partial charge in [0.2, 0.25) is 5.28 Å². The number of anilines is 1. The van der Waals surface area contributed by atoms with Crippen molar-refractivity contribution in [1.82, 2.24) is 9.97 Å². The van der Waals surface area contributed by atoms with Crippen LogP contribution in [0.25, 0.3) is 0 Å². The normalized spacial score (nSPS) is 14.6. The van der Waals surface area contributed by atoms with Crippen LogP contribution in [0.2, 0.25) is 5.28 Å². The Morgan fingerprint density at radius 3 is 2.81 bits per heavy atom. The Hall–Kier alpha value is -0.870. The molecule has 0 bridgehead atoms. The van der Waals surface area contributed by atoms with E-state index in [1.54, 1.807) is 6.20 Å². The Balaban J connectivity index is 2.89. The standard InChI is InChI=1S/C11H18ClN3O/c1-4-11(3,5-6-16)15-9-8(2)7-13-10(12)14-9/h7,16H,4-6H2,1-3H3,(H,13,14,15). The molecule has 1 heterocycles. The fourth-order valence-corrected chi connectivity index (χ4v) is 1.54. The molecule has 0 saturated carbocycles. The summed E-state index contributed by atoms with van der Waals surface area (Å²) in [6, 6.07) is 0. The van der Waals surface area contributed by atoms with E-state index in [0.717, 1.165) is 17.8 Å². The summed E-state index contributed by atoms with van der Waals surface area (Å²) < 4.78 is 0. The van der Waals surface area contributed by atoms with E-state index >= 15 is 0 Å². The molecule has 1 aromatic rings. The van der Waals surface area contributed by atoms with Crippen molar-refractivity contribution in [2.24, 2.45) is 0 Å². The first-order valence-corrected chi connectivity index (χ1v) is 5.77. The van der Waals surface area contributed by atoms with Gasteiger partial charge in [-0.15, -0.1) is 0 Å². The predicted octanol–water partition coefficient (Wildman–Crippen LogP) is 2.40. The van der Waals surface area contributed by atoms with Crippen LogP contribution >= 0.6 is 11.6 Å². The van der Waals surface area contributed by atoms with Crippen molar-refractivity contribution in [2.45, 2.75) is 39.2 Å². The summed E-state index contributed by atoms with van der Waals surface area (Å²) in [7, 11) is 0. The van der Waals surface area contributed by atoms with Crippen molar-refractivity contribution in [3.8, 4) is 0 Å². The summed E-state index contributed by atoms with van der Waals surface area (Å²) >= 11 is 5.75. The number of halogens is 1. The first kappa shape index (κ1) is 13.2. The average molecular weight is 244 g/mol. The number of hydrogen-bond acceptors (Lipinski definition) is 4. The van der Waals surface area contributed by atoms with Crippen molar-refractivity contribution in [3.63, 3.8) is 0 Å². The Morgan fingerprint density at radius 2 is 2.25 bits per heavy atom. The molecule has 1 rings (SSSR count). The Morgan fingerprint density at radius 1 is 1.56 bits per heavy atom. The Kier molecular flexibility index (Phi) is 4.50. The fraction of sp³-hybridized carbons (Fsp3) is 0.636. The third-order valence-corrected chi connectivity index (χ3v) is 2.99. The van der Waals surface area contributed by atoms with Crippen molar-refractivity contribution in [2.75, 3.05) is 11.9 Å².